The minimum Gasteiger partial charge on any atom is -0.356 e. The fraction of sp³-hybridized carbons (Fsp3) is 0.706. The van der Waals surface area contributed by atoms with Gasteiger partial charge >= 0.3 is 0 Å². The van der Waals surface area contributed by atoms with Crippen molar-refractivity contribution < 1.29 is 0 Å². The zero-order valence-electron chi connectivity index (χ0n) is 12.9. The van der Waals surface area contributed by atoms with Gasteiger partial charge in [-0.3, -0.25) is 0 Å². The molecule has 1 aliphatic heterocycles. The number of nitrogens with two attached hydrogens (primary N) is 1. The van der Waals surface area contributed by atoms with E-state index in [-0.39, 0.29) is 0 Å². The zero-order valence-corrected chi connectivity index (χ0v) is 12.9. The number of anilines is 1. The molecule has 0 radical (unpaired) electrons. The lowest BCUT2D eigenvalue weighted by Gasteiger charge is -2.28. The van der Waals surface area contributed by atoms with Gasteiger partial charge in [0.05, 0.1) is 0 Å². The second-order valence-corrected chi connectivity index (χ2v) is 6.51. The highest BCUT2D eigenvalue weighted by molar-refractivity contribution is 5.52. The van der Waals surface area contributed by atoms with Crippen molar-refractivity contribution in [2.75, 3.05) is 18.0 Å². The summed E-state index contributed by atoms with van der Waals surface area (Å²) in [5.41, 5.74) is 10.5. The Morgan fingerprint density at radius 1 is 1.30 bits per heavy atom. The molecule has 1 aromatic rings. The minimum atomic E-state index is 0.493. The number of rotatable bonds is 4. The molecule has 1 aliphatic carbocycles. The summed E-state index contributed by atoms with van der Waals surface area (Å²) in [4.78, 5) is 7.48. The van der Waals surface area contributed by atoms with E-state index < -0.39 is 0 Å². The third kappa shape index (κ3) is 2.22. The predicted molar refractivity (Wildman–Crippen MR) is 84.0 cm³/mol. The average Bonchev–Trinajstić information content (AvgIpc) is 3.12. The maximum atomic E-state index is 5.98. The maximum absolute atomic E-state index is 5.98. The smallest absolute Gasteiger partial charge is 0.133 e. The highest BCUT2D eigenvalue weighted by Crippen LogP contribution is 2.40. The molecule has 0 amide bonds. The fourth-order valence-corrected chi connectivity index (χ4v) is 3.88. The van der Waals surface area contributed by atoms with Crippen molar-refractivity contribution in [2.45, 2.75) is 58.9 Å². The molecule has 2 heterocycles. The van der Waals surface area contributed by atoms with Crippen LogP contribution < -0.4 is 10.6 Å². The van der Waals surface area contributed by atoms with Gasteiger partial charge in [0, 0.05) is 30.9 Å². The Kier molecular flexibility index (Phi) is 3.72. The van der Waals surface area contributed by atoms with Crippen LogP contribution in [0.4, 0.5) is 5.82 Å². The van der Waals surface area contributed by atoms with Crippen LogP contribution in [0.3, 0.4) is 0 Å². The lowest BCUT2D eigenvalue weighted by Crippen LogP contribution is -2.28. The second kappa shape index (κ2) is 5.36. The highest BCUT2D eigenvalue weighted by Gasteiger charge is 2.36. The second-order valence-electron chi connectivity index (χ2n) is 6.51. The van der Waals surface area contributed by atoms with Crippen molar-refractivity contribution in [2.24, 2.45) is 11.1 Å². The van der Waals surface area contributed by atoms with Gasteiger partial charge in [0.2, 0.25) is 0 Å². The van der Waals surface area contributed by atoms with E-state index in [1.807, 2.05) is 0 Å². The lowest BCUT2D eigenvalue weighted by atomic mass is 9.82. The first kappa shape index (κ1) is 13.9. The molecule has 2 aliphatic rings. The zero-order chi connectivity index (χ0) is 14.2. The Hall–Kier alpha value is -1.09. The van der Waals surface area contributed by atoms with Gasteiger partial charge in [-0.2, -0.15) is 0 Å². The van der Waals surface area contributed by atoms with Crippen molar-refractivity contribution >= 4 is 5.82 Å². The van der Waals surface area contributed by atoms with Gasteiger partial charge in [-0.1, -0.05) is 13.8 Å². The van der Waals surface area contributed by atoms with Crippen LogP contribution in [0.25, 0.3) is 0 Å². The molecule has 1 saturated heterocycles. The Labute approximate surface area is 122 Å². The Bertz CT molecular complexity index is 491. The number of aryl methyl sites for hydroxylation is 2. The summed E-state index contributed by atoms with van der Waals surface area (Å²) in [5, 5.41) is 0. The molecule has 0 spiro atoms. The number of hydrogen-bond acceptors (Lipinski definition) is 3. The quantitative estimate of drug-likeness (QED) is 0.917. The van der Waals surface area contributed by atoms with E-state index in [1.165, 1.54) is 54.7 Å². The molecule has 3 rings (SSSR count). The van der Waals surface area contributed by atoms with Crippen LogP contribution in [0.5, 0.6) is 0 Å². The molecule has 2 N–H and O–H groups in total. The first-order valence-corrected chi connectivity index (χ1v) is 8.18. The SMILES string of the molecule is CCC1(CC)CCN(c2nc3c(cc2CN)CCC3)C1. The number of fused-ring (bicyclic) bond motifs is 1. The van der Waals surface area contributed by atoms with E-state index in [0.29, 0.717) is 12.0 Å². The number of pyridine rings is 1. The normalized spacial score (nSPS) is 20.4. The van der Waals surface area contributed by atoms with Crippen LogP contribution >= 0.6 is 0 Å². The van der Waals surface area contributed by atoms with E-state index >= 15 is 0 Å². The van der Waals surface area contributed by atoms with Crippen LogP contribution in [0.2, 0.25) is 0 Å². The van der Waals surface area contributed by atoms with Gasteiger partial charge in [-0.05, 0) is 55.6 Å². The molecule has 1 fully saturated rings. The molecule has 0 aromatic carbocycles. The summed E-state index contributed by atoms with van der Waals surface area (Å²) in [5.74, 6) is 1.18. The third-order valence-corrected chi connectivity index (χ3v) is 5.56. The third-order valence-electron chi connectivity index (χ3n) is 5.56. The van der Waals surface area contributed by atoms with E-state index in [2.05, 4.69) is 24.8 Å². The summed E-state index contributed by atoms with van der Waals surface area (Å²) < 4.78 is 0. The fourth-order valence-electron chi connectivity index (χ4n) is 3.88. The monoisotopic (exact) mass is 273 g/mol. The summed E-state index contributed by atoms with van der Waals surface area (Å²) in [6.07, 6.45) is 7.41. The van der Waals surface area contributed by atoms with Crippen molar-refractivity contribution in [1.29, 1.82) is 0 Å². The molecule has 0 atom stereocenters. The van der Waals surface area contributed by atoms with Crippen molar-refractivity contribution in [3.05, 3.63) is 22.9 Å². The van der Waals surface area contributed by atoms with Gasteiger partial charge in [-0.25, -0.2) is 4.98 Å². The molecule has 3 heteroatoms. The molecule has 3 nitrogen and oxygen atoms in total. The van der Waals surface area contributed by atoms with Gasteiger partial charge in [0.25, 0.3) is 0 Å². The van der Waals surface area contributed by atoms with Gasteiger partial charge in [-0.15, -0.1) is 0 Å². The number of aromatic nitrogens is 1. The van der Waals surface area contributed by atoms with Gasteiger partial charge in [0.15, 0.2) is 0 Å². The first-order valence-electron chi connectivity index (χ1n) is 8.18. The van der Waals surface area contributed by atoms with E-state index in [4.69, 9.17) is 10.7 Å². The standard InChI is InChI=1S/C17H27N3/c1-3-17(4-2)8-9-20(12-17)16-14(11-18)10-13-6-5-7-15(13)19-16/h10H,3-9,11-12,18H2,1-2H3. The van der Waals surface area contributed by atoms with Crippen LogP contribution in [0.15, 0.2) is 6.07 Å². The van der Waals surface area contributed by atoms with Crippen molar-refractivity contribution in [1.82, 2.24) is 4.98 Å². The molecular weight excluding hydrogens is 246 g/mol. The van der Waals surface area contributed by atoms with Crippen LogP contribution in [-0.2, 0) is 19.4 Å². The molecule has 0 bridgehead atoms. The molecule has 0 unspecified atom stereocenters. The molecular formula is C17H27N3. The number of hydrogen-bond donors (Lipinski definition) is 1. The van der Waals surface area contributed by atoms with Crippen LogP contribution in [0, 0.1) is 5.41 Å². The molecule has 0 saturated carbocycles. The topological polar surface area (TPSA) is 42.2 Å². The van der Waals surface area contributed by atoms with Gasteiger partial charge in [0.1, 0.15) is 5.82 Å². The van der Waals surface area contributed by atoms with Crippen LogP contribution in [-0.4, -0.2) is 18.1 Å². The summed E-state index contributed by atoms with van der Waals surface area (Å²) in [6.45, 7) is 7.55. The molecule has 1 aromatic heterocycles. The summed E-state index contributed by atoms with van der Waals surface area (Å²) >= 11 is 0. The summed E-state index contributed by atoms with van der Waals surface area (Å²) in [7, 11) is 0. The van der Waals surface area contributed by atoms with E-state index in [0.717, 1.165) is 19.5 Å². The Balaban J connectivity index is 1.91. The highest BCUT2D eigenvalue weighted by atomic mass is 15.2. The first-order chi connectivity index (χ1) is 9.71. The minimum absolute atomic E-state index is 0.493. The predicted octanol–water partition coefficient (Wildman–Crippen LogP) is 3.05. The maximum Gasteiger partial charge on any atom is 0.133 e. The van der Waals surface area contributed by atoms with Crippen molar-refractivity contribution in [3.8, 4) is 0 Å². The van der Waals surface area contributed by atoms with Gasteiger partial charge < -0.3 is 10.6 Å². The largest absolute Gasteiger partial charge is 0.356 e. The summed E-state index contributed by atoms with van der Waals surface area (Å²) in [6, 6.07) is 2.32. The molecule has 110 valence electrons. The van der Waals surface area contributed by atoms with E-state index in [1.54, 1.807) is 0 Å². The molecule has 20 heavy (non-hydrogen) atoms. The number of nitrogens with zero attached hydrogens (tertiary/aromatic N) is 2. The van der Waals surface area contributed by atoms with Crippen LogP contribution in [0.1, 0.15) is 56.4 Å². The Morgan fingerprint density at radius 2 is 2.10 bits per heavy atom. The average molecular weight is 273 g/mol. The van der Waals surface area contributed by atoms with E-state index in [9.17, 15) is 0 Å². The Morgan fingerprint density at radius 3 is 2.75 bits per heavy atom. The lowest BCUT2D eigenvalue weighted by molar-refractivity contribution is 0.301. The van der Waals surface area contributed by atoms with Crippen molar-refractivity contribution in [3.63, 3.8) is 0 Å².